The van der Waals surface area contributed by atoms with Crippen LogP contribution in [0.1, 0.15) is 278 Å². The van der Waals surface area contributed by atoms with Gasteiger partial charge in [-0.05, 0) is 141 Å². The van der Waals surface area contributed by atoms with E-state index in [9.17, 15) is 14.4 Å². The summed E-state index contributed by atoms with van der Waals surface area (Å²) >= 11 is 0. The van der Waals surface area contributed by atoms with Crippen molar-refractivity contribution in [3.63, 3.8) is 0 Å². The minimum absolute atomic E-state index is 0.111. The second kappa shape index (κ2) is 65.8. The minimum atomic E-state index is -0.822. The molecule has 0 saturated carbocycles. The van der Waals surface area contributed by atoms with Gasteiger partial charge < -0.3 is 14.2 Å². The van der Waals surface area contributed by atoms with Crippen molar-refractivity contribution in [3.05, 3.63) is 146 Å². The quantitative estimate of drug-likeness (QED) is 0.0261. The van der Waals surface area contributed by atoms with Crippen molar-refractivity contribution < 1.29 is 28.6 Å². The van der Waals surface area contributed by atoms with Gasteiger partial charge in [0.15, 0.2) is 6.10 Å². The predicted octanol–water partition coefficient (Wildman–Crippen LogP) is 22.3. The highest BCUT2D eigenvalue weighted by Crippen LogP contribution is 2.15. The van der Waals surface area contributed by atoms with Crippen molar-refractivity contribution in [2.45, 2.75) is 284 Å². The van der Waals surface area contributed by atoms with Gasteiger partial charge in [0.2, 0.25) is 0 Å². The Hall–Kier alpha value is -4.71. The van der Waals surface area contributed by atoms with Crippen LogP contribution in [-0.2, 0) is 28.6 Å². The van der Waals surface area contributed by atoms with E-state index in [1.54, 1.807) is 0 Å². The van der Waals surface area contributed by atoms with E-state index in [4.69, 9.17) is 14.2 Å². The number of carbonyl (C=O) groups is 3. The van der Waals surface area contributed by atoms with Gasteiger partial charge >= 0.3 is 17.9 Å². The van der Waals surface area contributed by atoms with Crippen molar-refractivity contribution in [2.75, 3.05) is 13.2 Å². The van der Waals surface area contributed by atoms with E-state index in [2.05, 4.69) is 167 Å². The number of hydrogen-bond donors (Lipinski definition) is 0. The Balaban J connectivity index is 4.41. The molecule has 0 aliphatic carbocycles. The second-order valence-corrected chi connectivity index (χ2v) is 20.9. The monoisotopic (exact) mass is 1090 g/mol. The van der Waals surface area contributed by atoms with E-state index in [0.29, 0.717) is 19.3 Å². The molecule has 0 bridgehead atoms. The zero-order valence-corrected chi connectivity index (χ0v) is 51.1. The van der Waals surface area contributed by atoms with E-state index in [0.717, 1.165) is 128 Å². The SMILES string of the molecule is CC/C=C\C/C=C\C/C=C\C/C=C\C/C=C\C/C=C\CCCCC(=O)OC(COC(=O)CCCCC/C=C\C/C=C\C/C=C\CC)COC(=O)CCCCCCCCCCCCCC/C=C\C/C=C\C/C=C\CCCCCCC. The topological polar surface area (TPSA) is 78.9 Å². The first kappa shape index (κ1) is 74.3. The fourth-order valence-corrected chi connectivity index (χ4v) is 8.53. The van der Waals surface area contributed by atoms with Crippen LogP contribution in [0.4, 0.5) is 0 Å². The van der Waals surface area contributed by atoms with Crippen molar-refractivity contribution in [1.82, 2.24) is 0 Å². The minimum Gasteiger partial charge on any atom is -0.462 e. The number of allylic oxidation sites excluding steroid dienone is 24. The standard InChI is InChI=1S/C73H118O6/c1-4-7-10-13-16-19-22-25-27-29-31-33-34-35-36-37-38-40-41-43-45-48-51-54-57-60-63-66-72(75)78-69-70(68-77-71(74)65-62-59-56-53-50-47-24-21-18-15-12-9-6-3)79-73(76)67-64-61-58-55-52-49-46-44-42-39-32-30-28-26-23-20-17-14-11-8-5-2/h8-9,11-12,17-18,20-22,25-26,28-29,31-32,34-35,39,44,46-47,50,52,55,70H,4-7,10,13-16,19,23-24,27,30,33,36-38,40-43,45,48-49,51,53-54,56-69H2,1-3H3/b11-8-,12-9-,20-17-,21-18-,25-22-,28-26-,31-29-,35-34-,39-32-,46-44-,50-47-,55-52-. The molecule has 0 aliphatic heterocycles. The average molecular weight is 1090 g/mol. The second-order valence-electron chi connectivity index (χ2n) is 20.9. The van der Waals surface area contributed by atoms with Gasteiger partial charge in [-0.1, -0.05) is 263 Å². The lowest BCUT2D eigenvalue weighted by Crippen LogP contribution is -2.30. The fourth-order valence-electron chi connectivity index (χ4n) is 8.53. The first-order valence-electron chi connectivity index (χ1n) is 32.3. The first-order chi connectivity index (χ1) is 39.0. The largest absolute Gasteiger partial charge is 0.462 e. The zero-order valence-electron chi connectivity index (χ0n) is 51.1. The molecule has 0 aromatic heterocycles. The van der Waals surface area contributed by atoms with Crippen LogP contribution in [0.2, 0.25) is 0 Å². The van der Waals surface area contributed by atoms with Gasteiger partial charge in [-0.3, -0.25) is 14.4 Å². The third-order valence-electron chi connectivity index (χ3n) is 13.3. The summed E-state index contributed by atoms with van der Waals surface area (Å²) in [5, 5.41) is 0. The normalized spacial score (nSPS) is 13.1. The molecule has 0 rings (SSSR count). The van der Waals surface area contributed by atoms with E-state index < -0.39 is 6.10 Å². The molecule has 0 fully saturated rings. The molecule has 6 nitrogen and oxygen atoms in total. The Morgan fingerprint density at radius 3 is 0.810 bits per heavy atom. The first-order valence-corrected chi connectivity index (χ1v) is 32.3. The van der Waals surface area contributed by atoms with Crippen molar-refractivity contribution in [3.8, 4) is 0 Å². The van der Waals surface area contributed by atoms with Crippen LogP contribution in [-0.4, -0.2) is 37.2 Å². The summed E-state index contributed by atoms with van der Waals surface area (Å²) in [5.41, 5.74) is 0. The van der Waals surface area contributed by atoms with Gasteiger partial charge in [-0.25, -0.2) is 0 Å². The number of unbranched alkanes of at least 4 members (excludes halogenated alkanes) is 22. The van der Waals surface area contributed by atoms with Crippen LogP contribution >= 0.6 is 0 Å². The van der Waals surface area contributed by atoms with Gasteiger partial charge in [-0.15, -0.1) is 0 Å². The lowest BCUT2D eigenvalue weighted by molar-refractivity contribution is -0.167. The van der Waals surface area contributed by atoms with Crippen LogP contribution < -0.4 is 0 Å². The maximum atomic E-state index is 12.9. The summed E-state index contributed by atoms with van der Waals surface area (Å²) in [5.74, 6) is -0.988. The molecule has 1 atom stereocenters. The number of rotatable bonds is 57. The molecule has 79 heavy (non-hydrogen) atoms. The van der Waals surface area contributed by atoms with Gasteiger partial charge in [0.25, 0.3) is 0 Å². The number of ether oxygens (including phenoxy) is 3. The smallest absolute Gasteiger partial charge is 0.306 e. The summed E-state index contributed by atoms with van der Waals surface area (Å²) < 4.78 is 16.9. The van der Waals surface area contributed by atoms with Crippen LogP contribution in [0.3, 0.4) is 0 Å². The molecule has 6 heteroatoms. The summed E-state index contributed by atoms with van der Waals surface area (Å²) in [6.45, 7) is 6.34. The number of hydrogen-bond acceptors (Lipinski definition) is 6. The Bertz CT molecular complexity index is 1730. The van der Waals surface area contributed by atoms with E-state index in [1.165, 1.54) is 103 Å². The highest BCUT2D eigenvalue weighted by molar-refractivity contribution is 5.71. The molecule has 0 radical (unpaired) electrons. The fraction of sp³-hybridized carbons (Fsp3) is 0.630. The molecule has 0 spiro atoms. The zero-order chi connectivity index (χ0) is 57.1. The third kappa shape index (κ3) is 64.0. The lowest BCUT2D eigenvalue weighted by Gasteiger charge is -2.18. The molecule has 446 valence electrons. The van der Waals surface area contributed by atoms with Crippen LogP contribution in [0.5, 0.6) is 0 Å². The Labute approximate surface area is 487 Å². The number of carbonyl (C=O) groups excluding carboxylic acids is 3. The average Bonchev–Trinajstić information content (AvgIpc) is 3.45. The van der Waals surface area contributed by atoms with E-state index in [-0.39, 0.29) is 37.5 Å². The number of esters is 3. The molecule has 0 N–H and O–H groups in total. The van der Waals surface area contributed by atoms with Gasteiger partial charge in [0.1, 0.15) is 13.2 Å². The van der Waals surface area contributed by atoms with E-state index in [1.807, 2.05) is 0 Å². The Kier molecular flexibility index (Phi) is 61.9. The highest BCUT2D eigenvalue weighted by Gasteiger charge is 2.19. The molecule has 0 aliphatic rings. The summed E-state index contributed by atoms with van der Waals surface area (Å²) in [6, 6.07) is 0. The molecule has 0 amide bonds. The molecule has 0 saturated heterocycles. The molecular formula is C73H118O6. The lowest BCUT2D eigenvalue weighted by atomic mass is 10.0. The Morgan fingerprint density at radius 1 is 0.266 bits per heavy atom. The van der Waals surface area contributed by atoms with Gasteiger partial charge in [-0.2, -0.15) is 0 Å². The maximum absolute atomic E-state index is 12.9. The summed E-state index contributed by atoms with van der Waals surface area (Å²) in [7, 11) is 0. The van der Waals surface area contributed by atoms with Crippen LogP contribution in [0.15, 0.2) is 146 Å². The van der Waals surface area contributed by atoms with Gasteiger partial charge in [0, 0.05) is 19.3 Å². The van der Waals surface area contributed by atoms with Crippen molar-refractivity contribution in [1.29, 1.82) is 0 Å². The summed E-state index contributed by atoms with van der Waals surface area (Å²) in [6.07, 6.45) is 94.3. The van der Waals surface area contributed by atoms with Crippen LogP contribution in [0, 0.1) is 0 Å². The van der Waals surface area contributed by atoms with Gasteiger partial charge in [0.05, 0.1) is 0 Å². The third-order valence-corrected chi connectivity index (χ3v) is 13.3. The Morgan fingerprint density at radius 2 is 0.494 bits per heavy atom. The van der Waals surface area contributed by atoms with E-state index >= 15 is 0 Å². The molecule has 0 aromatic rings. The molecular weight excluding hydrogens is 973 g/mol. The molecule has 1 unspecified atom stereocenters. The summed E-state index contributed by atoms with van der Waals surface area (Å²) in [4.78, 5) is 38.3. The predicted molar refractivity (Wildman–Crippen MR) is 343 cm³/mol. The van der Waals surface area contributed by atoms with Crippen molar-refractivity contribution >= 4 is 17.9 Å². The molecule has 0 aromatic carbocycles. The maximum Gasteiger partial charge on any atom is 0.306 e. The molecule has 0 heterocycles. The van der Waals surface area contributed by atoms with Crippen LogP contribution in [0.25, 0.3) is 0 Å². The highest BCUT2D eigenvalue weighted by atomic mass is 16.6. The van der Waals surface area contributed by atoms with Crippen molar-refractivity contribution in [2.24, 2.45) is 0 Å².